The molecule has 4 fully saturated rings. The molecule has 14 nitrogen and oxygen atoms in total. The molecule has 0 unspecified atom stereocenters. The minimum absolute atomic E-state index is 0.0528. The molecule has 1 aromatic heterocycles. The van der Waals surface area contributed by atoms with Crippen LogP contribution >= 0.6 is 0 Å². The second-order valence-corrected chi connectivity index (χ2v) is 18.7. The molecule has 3 heterocycles. The van der Waals surface area contributed by atoms with Crippen LogP contribution in [0.1, 0.15) is 78.6 Å². The molecule has 1 aromatic carbocycles. The first-order valence-electron chi connectivity index (χ1n) is 19.2. The summed E-state index contributed by atoms with van der Waals surface area (Å²) in [6.45, 7) is 5.93. The number of carbonyl (C=O) groups is 4. The molecule has 3 aliphatic carbocycles. The number of sulfonamides is 1. The van der Waals surface area contributed by atoms with E-state index in [1.165, 1.54) is 35.2 Å². The molecule has 0 spiro atoms. The highest BCUT2D eigenvalue weighted by Gasteiger charge is 2.62. The summed E-state index contributed by atoms with van der Waals surface area (Å²) in [5.74, 6) is -3.17. The van der Waals surface area contributed by atoms with Crippen molar-refractivity contribution in [2.24, 2.45) is 23.2 Å². The molecule has 7 rings (SSSR count). The van der Waals surface area contributed by atoms with Crippen LogP contribution in [0.5, 0.6) is 11.6 Å². The molecule has 3 N–H and O–H groups in total. The maximum absolute atomic E-state index is 15.0. The van der Waals surface area contributed by atoms with E-state index in [2.05, 4.69) is 21.9 Å². The van der Waals surface area contributed by atoms with Crippen molar-refractivity contribution in [2.45, 2.75) is 108 Å². The van der Waals surface area contributed by atoms with Crippen molar-refractivity contribution in [1.82, 2.24) is 24.8 Å². The number of amides is 4. The third kappa shape index (κ3) is 7.96. The zero-order valence-electron chi connectivity index (χ0n) is 31.6. The molecule has 5 aliphatic rings. The lowest BCUT2D eigenvalue weighted by Gasteiger charge is -2.38. The standard InChI is InChI=1S/C39H50FN5O9S/c1-22-7-5-6-8-24-19-39(24,36(48)43-55(51,52)27-9-10-27)42-33(46)30-18-26(54-34-29-16-25(40)17-31(53-4)28(29)11-14-41-34)20-44(30)35(47)32(23(2)15-22)45(37(49)50)21-38(3)12-13-38/h6,8,11,14,16-17,22-24,26-27,30,32H,5,7,9-10,12-13,15,18-21H2,1-4H3,(H,42,46)(H,43,48)(H,49,50)/b8-6-/t22-,23-,24-,26-,30+,32+,39-/m1/s1. The Kier molecular flexibility index (Phi) is 10.3. The number of nitrogens with zero attached hydrogens (tertiary/aromatic N) is 3. The quantitative estimate of drug-likeness (QED) is 0.309. The lowest BCUT2D eigenvalue weighted by Crippen LogP contribution is -2.60. The molecule has 4 amide bonds. The van der Waals surface area contributed by atoms with Gasteiger partial charge in [-0.05, 0) is 80.8 Å². The van der Waals surface area contributed by atoms with E-state index >= 15 is 4.79 Å². The summed E-state index contributed by atoms with van der Waals surface area (Å²) in [6.07, 6.45) is 7.71. The summed E-state index contributed by atoms with van der Waals surface area (Å²) >= 11 is 0. The van der Waals surface area contributed by atoms with Crippen LogP contribution in [0.2, 0.25) is 0 Å². The van der Waals surface area contributed by atoms with Crippen LogP contribution in [-0.2, 0) is 24.4 Å². The fraction of sp³-hybridized carbons (Fsp3) is 0.615. The molecule has 298 valence electrons. The second-order valence-electron chi connectivity index (χ2n) is 16.7. The molecule has 0 radical (unpaired) electrons. The number of halogens is 1. The lowest BCUT2D eigenvalue weighted by atomic mass is 9.86. The Labute approximate surface area is 320 Å². The highest BCUT2D eigenvalue weighted by atomic mass is 32.2. The normalized spacial score (nSPS) is 31.2. The smallest absolute Gasteiger partial charge is 0.408 e. The zero-order chi connectivity index (χ0) is 39.4. The van der Waals surface area contributed by atoms with Gasteiger partial charge in [0.2, 0.25) is 27.7 Å². The minimum Gasteiger partial charge on any atom is -0.496 e. The molecule has 3 saturated carbocycles. The van der Waals surface area contributed by atoms with Gasteiger partial charge in [-0.25, -0.2) is 22.6 Å². The van der Waals surface area contributed by atoms with E-state index in [4.69, 9.17) is 9.47 Å². The molecule has 1 saturated heterocycles. The number of nitrogens with one attached hydrogen (secondary N) is 2. The SMILES string of the molecule is COc1cc(F)cc2c(O[C@@H]3C[C@H]4C(=O)N[C@]5(C(=O)NS(=O)(=O)C6CC6)C[C@H]5/C=C\CC[C@@H](C)C[C@@H](C)[C@H](N(CC5(C)CC5)C(=O)O)C(=O)N4C3)nccc12. The topological polar surface area (TPSA) is 185 Å². The van der Waals surface area contributed by atoms with Crippen LogP contribution in [0.25, 0.3) is 10.8 Å². The van der Waals surface area contributed by atoms with Crippen molar-refractivity contribution in [3.8, 4) is 11.6 Å². The van der Waals surface area contributed by atoms with Crippen LogP contribution < -0.4 is 19.5 Å². The van der Waals surface area contributed by atoms with E-state index in [0.29, 0.717) is 36.5 Å². The Morgan fingerprint density at radius 1 is 1.15 bits per heavy atom. The maximum Gasteiger partial charge on any atom is 0.408 e. The first-order valence-corrected chi connectivity index (χ1v) is 20.7. The van der Waals surface area contributed by atoms with Crippen LogP contribution in [0.3, 0.4) is 0 Å². The predicted molar refractivity (Wildman–Crippen MR) is 199 cm³/mol. The maximum atomic E-state index is 15.0. The van der Waals surface area contributed by atoms with Crippen LogP contribution in [-0.4, -0.2) is 101 Å². The number of hydrogen-bond acceptors (Lipinski definition) is 9. The molecule has 7 atom stereocenters. The van der Waals surface area contributed by atoms with Gasteiger partial charge >= 0.3 is 6.09 Å². The third-order valence-electron chi connectivity index (χ3n) is 12.1. The summed E-state index contributed by atoms with van der Waals surface area (Å²) < 4.78 is 54.4. The number of methoxy groups -OCH3 is 1. The second kappa shape index (κ2) is 14.6. The van der Waals surface area contributed by atoms with Gasteiger partial charge in [0.15, 0.2) is 0 Å². The number of ether oxygens (including phenoxy) is 2. The number of fused-ring (bicyclic) bond motifs is 3. The van der Waals surface area contributed by atoms with Crippen molar-refractivity contribution < 1.29 is 46.6 Å². The largest absolute Gasteiger partial charge is 0.496 e. The lowest BCUT2D eigenvalue weighted by molar-refractivity contribution is -0.144. The van der Waals surface area contributed by atoms with E-state index < -0.39 is 80.5 Å². The van der Waals surface area contributed by atoms with Gasteiger partial charge < -0.3 is 24.8 Å². The first-order chi connectivity index (χ1) is 26.0. The summed E-state index contributed by atoms with van der Waals surface area (Å²) in [4.78, 5) is 63.3. The third-order valence-corrected chi connectivity index (χ3v) is 13.9. The number of allylic oxidation sites excluding steroid dienone is 1. The number of benzene rings is 1. The van der Waals surface area contributed by atoms with Gasteiger partial charge in [-0.3, -0.25) is 24.0 Å². The van der Waals surface area contributed by atoms with Crippen molar-refractivity contribution in [2.75, 3.05) is 20.2 Å². The van der Waals surface area contributed by atoms with Gasteiger partial charge in [-0.2, -0.15) is 0 Å². The molecule has 0 bridgehead atoms. The van der Waals surface area contributed by atoms with Gasteiger partial charge in [-0.15, -0.1) is 0 Å². The predicted octanol–water partition coefficient (Wildman–Crippen LogP) is 4.38. The van der Waals surface area contributed by atoms with Crippen LogP contribution in [0.4, 0.5) is 9.18 Å². The van der Waals surface area contributed by atoms with Crippen LogP contribution in [0.15, 0.2) is 36.5 Å². The molecular formula is C39H50FN5O9S. The van der Waals surface area contributed by atoms with E-state index in [9.17, 15) is 32.3 Å². The summed E-state index contributed by atoms with van der Waals surface area (Å²) in [5, 5.41) is 13.6. The van der Waals surface area contributed by atoms with Gasteiger partial charge in [0, 0.05) is 36.5 Å². The summed E-state index contributed by atoms with van der Waals surface area (Å²) in [6, 6.07) is 1.79. The molecule has 16 heteroatoms. The van der Waals surface area contributed by atoms with Gasteiger partial charge in [0.05, 0.1) is 24.3 Å². The van der Waals surface area contributed by atoms with Crippen molar-refractivity contribution in [3.63, 3.8) is 0 Å². The van der Waals surface area contributed by atoms with Gasteiger partial charge in [-0.1, -0.05) is 32.9 Å². The van der Waals surface area contributed by atoms with Crippen LogP contribution in [0, 0.1) is 29.0 Å². The number of carbonyl (C=O) groups excluding carboxylic acids is 3. The highest BCUT2D eigenvalue weighted by Crippen LogP contribution is 2.48. The van der Waals surface area contributed by atoms with Gasteiger partial charge in [0.25, 0.3) is 5.91 Å². The molecular weight excluding hydrogens is 734 g/mol. The van der Waals surface area contributed by atoms with E-state index in [-0.39, 0.29) is 48.9 Å². The Hall–Kier alpha value is -4.47. The molecule has 2 aliphatic heterocycles. The highest BCUT2D eigenvalue weighted by molar-refractivity contribution is 7.91. The number of rotatable bonds is 9. The zero-order valence-corrected chi connectivity index (χ0v) is 32.4. The van der Waals surface area contributed by atoms with E-state index in [0.717, 1.165) is 19.3 Å². The first kappa shape index (κ1) is 38.8. The van der Waals surface area contributed by atoms with Gasteiger partial charge in [0.1, 0.15) is 35.3 Å². The summed E-state index contributed by atoms with van der Waals surface area (Å²) in [5.41, 5.74) is -1.84. The monoisotopic (exact) mass is 783 g/mol. The Morgan fingerprint density at radius 2 is 1.89 bits per heavy atom. The van der Waals surface area contributed by atoms with E-state index in [1.54, 1.807) is 6.07 Å². The Balaban J connectivity index is 1.26. The molecule has 2 aromatic rings. The molecule has 55 heavy (non-hydrogen) atoms. The Morgan fingerprint density at radius 3 is 2.56 bits per heavy atom. The van der Waals surface area contributed by atoms with Crippen molar-refractivity contribution >= 4 is 44.6 Å². The van der Waals surface area contributed by atoms with Crippen molar-refractivity contribution in [3.05, 3.63) is 42.4 Å². The number of pyridine rings is 1. The number of aromatic nitrogens is 1. The fourth-order valence-corrected chi connectivity index (χ4v) is 9.76. The Bertz CT molecular complexity index is 2020. The number of carboxylic acid groups (broad SMARTS) is 1. The minimum atomic E-state index is -3.94. The average molecular weight is 784 g/mol. The van der Waals surface area contributed by atoms with E-state index in [1.807, 2.05) is 26.0 Å². The van der Waals surface area contributed by atoms with Crippen molar-refractivity contribution in [1.29, 1.82) is 0 Å². The summed E-state index contributed by atoms with van der Waals surface area (Å²) in [7, 11) is -2.52. The average Bonchev–Trinajstić information content (AvgIpc) is 4.06. The fourth-order valence-electron chi connectivity index (χ4n) is 8.40. The number of hydrogen-bond donors (Lipinski definition) is 3.